The van der Waals surface area contributed by atoms with Gasteiger partial charge >= 0.3 is 0 Å². The molecule has 0 unspecified atom stereocenters. The molecule has 4 aromatic rings. The molecule has 0 radical (unpaired) electrons. The van der Waals surface area contributed by atoms with E-state index in [0.717, 1.165) is 16.6 Å². The summed E-state index contributed by atoms with van der Waals surface area (Å²) in [6.07, 6.45) is 3.01. The van der Waals surface area contributed by atoms with Gasteiger partial charge in [0, 0.05) is 17.3 Å². The number of nitrogens with zero attached hydrogens (tertiary/aromatic N) is 3. The Balaban J connectivity index is 0.00000225. The molecule has 7 nitrogen and oxygen atoms in total. The zero-order valence-corrected chi connectivity index (χ0v) is 16.1. The lowest BCUT2D eigenvalue weighted by Crippen LogP contribution is -2.13. The van der Waals surface area contributed by atoms with E-state index in [4.69, 9.17) is 0 Å². The molecule has 4 rings (SSSR count). The van der Waals surface area contributed by atoms with Crippen LogP contribution in [0.3, 0.4) is 0 Å². The van der Waals surface area contributed by atoms with Crippen molar-refractivity contribution in [3.8, 4) is 0 Å². The minimum absolute atomic E-state index is 0. The number of hydrogen-bond acceptors (Lipinski definition) is 6. The van der Waals surface area contributed by atoms with Gasteiger partial charge in [-0.15, -0.1) is 12.4 Å². The van der Waals surface area contributed by atoms with Gasteiger partial charge in [-0.25, -0.2) is 23.4 Å². The minimum Gasteiger partial charge on any atom is -0.340 e. The average Bonchev–Trinajstić information content (AvgIpc) is 2.69. The van der Waals surface area contributed by atoms with Crippen LogP contribution in [0, 0.1) is 0 Å². The fraction of sp³-hybridized carbons (Fsp3) is 0. The Bertz CT molecular complexity index is 1180. The summed E-state index contributed by atoms with van der Waals surface area (Å²) in [6.45, 7) is 0. The summed E-state index contributed by atoms with van der Waals surface area (Å²) in [5.74, 6) is 0.926. The van der Waals surface area contributed by atoms with Crippen LogP contribution in [0.5, 0.6) is 0 Å². The van der Waals surface area contributed by atoms with Crippen molar-refractivity contribution in [1.29, 1.82) is 0 Å². The summed E-state index contributed by atoms with van der Waals surface area (Å²) in [4.78, 5) is 12.6. The second-order valence-electron chi connectivity index (χ2n) is 5.71. The maximum absolute atomic E-state index is 12.5. The molecule has 0 aliphatic carbocycles. The van der Waals surface area contributed by atoms with Crippen LogP contribution in [0.4, 0.5) is 17.3 Å². The van der Waals surface area contributed by atoms with Gasteiger partial charge in [-0.3, -0.25) is 4.72 Å². The first-order chi connectivity index (χ1) is 13.1. The van der Waals surface area contributed by atoms with Crippen molar-refractivity contribution in [1.82, 2.24) is 15.0 Å². The molecule has 2 N–H and O–H groups in total. The molecule has 142 valence electrons. The molecule has 2 aromatic carbocycles. The molecule has 0 aliphatic heterocycles. The standard InChI is InChI=1S/C19H15N5O2S.ClH/c25-27(26,24-18-7-3-4-12-20-18)15-10-8-14(9-11-15)23-19-16-5-1-2-6-17(16)21-13-22-19;/h1-13H,(H,20,24)(H,21,22,23);1H. The van der Waals surface area contributed by atoms with Crippen LogP contribution in [0.15, 0.2) is 84.1 Å². The third-order valence-electron chi connectivity index (χ3n) is 3.87. The first-order valence-corrected chi connectivity index (χ1v) is 9.61. The Kier molecular flexibility index (Phi) is 5.72. The van der Waals surface area contributed by atoms with Crippen molar-refractivity contribution >= 4 is 50.7 Å². The number of aromatic nitrogens is 3. The average molecular weight is 414 g/mol. The van der Waals surface area contributed by atoms with E-state index >= 15 is 0 Å². The van der Waals surface area contributed by atoms with Crippen molar-refractivity contribution in [2.45, 2.75) is 4.90 Å². The molecule has 0 bridgehead atoms. The van der Waals surface area contributed by atoms with Crippen molar-refractivity contribution in [2.24, 2.45) is 0 Å². The van der Waals surface area contributed by atoms with E-state index in [2.05, 4.69) is 25.0 Å². The lowest BCUT2D eigenvalue weighted by molar-refractivity contribution is 0.601. The van der Waals surface area contributed by atoms with Crippen LogP contribution in [0.25, 0.3) is 10.9 Å². The second-order valence-corrected chi connectivity index (χ2v) is 7.39. The summed E-state index contributed by atoms with van der Waals surface area (Å²) in [5, 5.41) is 4.08. The Hall–Kier alpha value is -3.23. The highest BCUT2D eigenvalue weighted by Crippen LogP contribution is 2.24. The number of nitrogens with one attached hydrogen (secondary N) is 2. The SMILES string of the molecule is Cl.O=S(=O)(Nc1ccccn1)c1ccc(Nc2ncnc3ccccc23)cc1. The number of benzene rings is 2. The lowest BCUT2D eigenvalue weighted by Gasteiger charge is -2.10. The summed E-state index contributed by atoms with van der Waals surface area (Å²) >= 11 is 0. The molecule has 9 heteroatoms. The van der Waals surface area contributed by atoms with Gasteiger partial charge < -0.3 is 5.32 Å². The maximum Gasteiger partial charge on any atom is 0.263 e. The van der Waals surface area contributed by atoms with Crippen LogP contribution in [0.1, 0.15) is 0 Å². The molecule has 0 saturated carbocycles. The first-order valence-electron chi connectivity index (χ1n) is 8.12. The van der Waals surface area contributed by atoms with Crippen molar-refractivity contribution in [3.05, 3.63) is 79.3 Å². The quantitative estimate of drug-likeness (QED) is 0.513. The highest BCUT2D eigenvalue weighted by atomic mass is 35.5. The lowest BCUT2D eigenvalue weighted by atomic mass is 10.2. The third-order valence-corrected chi connectivity index (χ3v) is 5.24. The molecule has 28 heavy (non-hydrogen) atoms. The maximum atomic E-state index is 12.5. The number of anilines is 3. The van der Waals surface area contributed by atoms with Crippen molar-refractivity contribution in [3.63, 3.8) is 0 Å². The van der Waals surface area contributed by atoms with Crippen LogP contribution in [-0.2, 0) is 10.0 Å². The van der Waals surface area contributed by atoms with Gasteiger partial charge in [-0.1, -0.05) is 18.2 Å². The largest absolute Gasteiger partial charge is 0.340 e. The minimum atomic E-state index is -3.70. The van der Waals surface area contributed by atoms with Gasteiger partial charge in [0.1, 0.15) is 18.0 Å². The monoisotopic (exact) mass is 413 g/mol. The number of rotatable bonds is 5. The predicted octanol–water partition coefficient (Wildman–Crippen LogP) is 3.99. The van der Waals surface area contributed by atoms with Gasteiger partial charge in [-0.2, -0.15) is 0 Å². The normalized spacial score (nSPS) is 10.9. The van der Waals surface area contributed by atoms with Crippen LogP contribution in [-0.4, -0.2) is 23.4 Å². The number of halogens is 1. The molecule has 0 fully saturated rings. The van der Waals surface area contributed by atoms with Crippen molar-refractivity contribution in [2.75, 3.05) is 10.0 Å². The number of para-hydroxylation sites is 1. The van der Waals surface area contributed by atoms with E-state index in [0.29, 0.717) is 5.82 Å². The number of hydrogen-bond donors (Lipinski definition) is 2. The van der Waals surface area contributed by atoms with Gasteiger partial charge in [0.05, 0.1) is 10.4 Å². The number of sulfonamides is 1. The van der Waals surface area contributed by atoms with E-state index in [1.807, 2.05) is 24.3 Å². The van der Waals surface area contributed by atoms with E-state index in [9.17, 15) is 8.42 Å². The Morgan fingerprint density at radius 1 is 0.786 bits per heavy atom. The summed E-state index contributed by atoms with van der Waals surface area (Å²) < 4.78 is 27.4. The van der Waals surface area contributed by atoms with E-state index in [-0.39, 0.29) is 23.1 Å². The highest BCUT2D eigenvalue weighted by molar-refractivity contribution is 7.92. The Labute approximate surface area is 168 Å². The summed E-state index contributed by atoms with van der Waals surface area (Å²) in [5.41, 5.74) is 1.55. The first kappa shape index (κ1) is 19.5. The Morgan fingerprint density at radius 3 is 2.29 bits per heavy atom. The van der Waals surface area contributed by atoms with Gasteiger partial charge in [-0.05, 0) is 48.5 Å². The molecular weight excluding hydrogens is 398 g/mol. The summed E-state index contributed by atoms with van der Waals surface area (Å²) in [6, 6.07) is 19.1. The molecule has 0 aliphatic rings. The van der Waals surface area contributed by atoms with Crippen molar-refractivity contribution < 1.29 is 8.42 Å². The number of pyridine rings is 1. The predicted molar refractivity (Wildman–Crippen MR) is 112 cm³/mol. The molecule has 2 heterocycles. The smallest absolute Gasteiger partial charge is 0.263 e. The van der Waals surface area contributed by atoms with E-state index in [1.165, 1.54) is 24.7 Å². The Morgan fingerprint density at radius 2 is 1.54 bits per heavy atom. The van der Waals surface area contributed by atoms with E-state index in [1.54, 1.807) is 30.3 Å². The van der Waals surface area contributed by atoms with E-state index < -0.39 is 10.0 Å². The second kappa shape index (κ2) is 8.20. The highest BCUT2D eigenvalue weighted by Gasteiger charge is 2.14. The fourth-order valence-electron chi connectivity index (χ4n) is 2.58. The van der Waals surface area contributed by atoms with Gasteiger partial charge in [0.15, 0.2) is 0 Å². The molecule has 0 spiro atoms. The molecule has 0 amide bonds. The van der Waals surface area contributed by atoms with Crippen LogP contribution >= 0.6 is 12.4 Å². The molecular formula is C19H16ClN5O2S. The van der Waals surface area contributed by atoms with Crippen LogP contribution < -0.4 is 10.0 Å². The zero-order chi connectivity index (χ0) is 18.7. The fourth-order valence-corrected chi connectivity index (χ4v) is 3.59. The summed E-state index contributed by atoms with van der Waals surface area (Å²) in [7, 11) is -3.70. The zero-order valence-electron chi connectivity index (χ0n) is 14.5. The van der Waals surface area contributed by atoms with Gasteiger partial charge in [0.25, 0.3) is 10.0 Å². The number of fused-ring (bicyclic) bond motifs is 1. The van der Waals surface area contributed by atoms with Crippen LogP contribution in [0.2, 0.25) is 0 Å². The molecule has 2 aromatic heterocycles. The molecule has 0 saturated heterocycles. The molecule has 0 atom stereocenters. The third kappa shape index (κ3) is 4.19. The van der Waals surface area contributed by atoms with Gasteiger partial charge in [0.2, 0.25) is 0 Å². The topological polar surface area (TPSA) is 96.9 Å².